The van der Waals surface area contributed by atoms with Crippen LogP contribution >= 0.6 is 11.6 Å². The number of aromatic nitrogens is 3. The maximum Gasteiger partial charge on any atom is 0.405 e. The van der Waals surface area contributed by atoms with Crippen LogP contribution in [-0.2, 0) is 9.59 Å². The minimum Gasteiger partial charge on any atom is -0.369 e. The zero-order valence-corrected chi connectivity index (χ0v) is 19.3. The molecule has 0 bridgehead atoms. The van der Waals surface area contributed by atoms with Gasteiger partial charge in [-0.25, -0.2) is 15.0 Å². The summed E-state index contributed by atoms with van der Waals surface area (Å²) in [7, 11) is 0. The third kappa shape index (κ3) is 5.12. The van der Waals surface area contributed by atoms with Crippen LogP contribution in [0.5, 0.6) is 0 Å². The molecule has 13 heteroatoms. The number of hydrogen-bond acceptors (Lipinski definition) is 7. The minimum absolute atomic E-state index is 0.00823. The van der Waals surface area contributed by atoms with Crippen molar-refractivity contribution in [3.8, 4) is 0 Å². The molecule has 2 atom stereocenters. The van der Waals surface area contributed by atoms with Gasteiger partial charge in [0.15, 0.2) is 0 Å². The Morgan fingerprint density at radius 3 is 2.77 bits per heavy atom. The molecule has 3 aliphatic rings. The fraction of sp³-hybridized carbons (Fsp3) is 0.500. The molecule has 2 amide bonds. The van der Waals surface area contributed by atoms with Crippen LogP contribution in [0.1, 0.15) is 30.1 Å². The zero-order chi connectivity index (χ0) is 24.7. The molecule has 1 aliphatic carbocycles. The van der Waals surface area contributed by atoms with Crippen molar-refractivity contribution in [2.45, 2.75) is 31.0 Å². The van der Waals surface area contributed by atoms with E-state index in [1.54, 1.807) is 34.3 Å². The van der Waals surface area contributed by atoms with Gasteiger partial charge in [-0.15, -0.1) is 0 Å². The number of hydrogen-bond donors (Lipinski definition) is 2. The molecule has 0 spiro atoms. The van der Waals surface area contributed by atoms with Crippen LogP contribution in [0.2, 0.25) is 5.02 Å². The van der Waals surface area contributed by atoms with Crippen LogP contribution in [0.3, 0.4) is 0 Å². The van der Waals surface area contributed by atoms with E-state index in [2.05, 4.69) is 20.3 Å². The van der Waals surface area contributed by atoms with E-state index < -0.39 is 24.7 Å². The number of amides is 2. The second-order valence-electron chi connectivity index (χ2n) is 8.90. The van der Waals surface area contributed by atoms with Crippen LogP contribution in [0.25, 0.3) is 0 Å². The number of nitrogens with zero attached hydrogens (tertiary/aromatic N) is 5. The lowest BCUT2D eigenvalue weighted by molar-refractivity contribution is -0.141. The fourth-order valence-corrected chi connectivity index (χ4v) is 4.64. The van der Waals surface area contributed by atoms with Gasteiger partial charge in [-0.3, -0.25) is 9.59 Å². The first kappa shape index (κ1) is 23.6. The van der Waals surface area contributed by atoms with Crippen LogP contribution in [0.15, 0.2) is 24.5 Å². The van der Waals surface area contributed by atoms with Gasteiger partial charge in [0.25, 0.3) is 0 Å². The molecule has 1 unspecified atom stereocenters. The summed E-state index contributed by atoms with van der Waals surface area (Å²) in [5.74, 6) is 0.421. The molecule has 1 saturated carbocycles. The number of nitrogens with one attached hydrogen (secondary N) is 2. The second-order valence-corrected chi connectivity index (χ2v) is 9.34. The topological polar surface area (TPSA) is 103 Å². The van der Waals surface area contributed by atoms with E-state index in [0.29, 0.717) is 35.6 Å². The van der Waals surface area contributed by atoms with Crippen molar-refractivity contribution in [1.29, 1.82) is 0 Å². The first-order valence-electron chi connectivity index (χ1n) is 11.3. The van der Waals surface area contributed by atoms with Gasteiger partial charge in [0.2, 0.25) is 11.8 Å². The third-order valence-electron chi connectivity index (χ3n) is 6.38. The lowest BCUT2D eigenvalue weighted by atomic mass is 10.0. The maximum atomic E-state index is 12.9. The van der Waals surface area contributed by atoms with Crippen molar-refractivity contribution in [1.82, 2.24) is 25.2 Å². The first-order chi connectivity index (χ1) is 16.7. The Morgan fingerprint density at radius 1 is 1.23 bits per heavy atom. The largest absolute Gasteiger partial charge is 0.405 e. The average Bonchev–Trinajstić information content (AvgIpc) is 3.61. The van der Waals surface area contributed by atoms with Crippen molar-refractivity contribution in [2.24, 2.45) is 5.92 Å². The summed E-state index contributed by atoms with van der Waals surface area (Å²) in [6.45, 7) is -0.339. The van der Waals surface area contributed by atoms with Gasteiger partial charge in [-0.2, -0.15) is 13.2 Å². The Morgan fingerprint density at radius 2 is 2.03 bits per heavy atom. The molecule has 2 N–H and O–H groups in total. The Bertz CT molecular complexity index is 1140. The Hall–Kier alpha value is -3.15. The fourth-order valence-electron chi connectivity index (χ4n) is 4.47. The van der Waals surface area contributed by atoms with Crippen molar-refractivity contribution in [3.05, 3.63) is 40.9 Å². The summed E-state index contributed by atoms with van der Waals surface area (Å²) in [4.78, 5) is 42.0. The second kappa shape index (κ2) is 9.14. The highest BCUT2D eigenvalue weighted by molar-refractivity contribution is 6.30. The molecular formula is C22H23ClF3N7O2. The number of alkyl halides is 3. The van der Waals surface area contributed by atoms with Gasteiger partial charge in [-0.1, -0.05) is 11.6 Å². The van der Waals surface area contributed by atoms with E-state index in [4.69, 9.17) is 11.6 Å². The van der Waals surface area contributed by atoms with E-state index in [1.807, 2.05) is 5.32 Å². The average molecular weight is 510 g/mol. The van der Waals surface area contributed by atoms with Crippen molar-refractivity contribution >= 4 is 35.1 Å². The number of carbonyl (C=O) groups excluding carboxylic acids is 2. The van der Waals surface area contributed by atoms with Crippen molar-refractivity contribution < 1.29 is 22.8 Å². The molecule has 0 radical (unpaired) electrons. The zero-order valence-electron chi connectivity index (χ0n) is 18.6. The SMILES string of the molecule is O=C(NCC(F)(F)F)[C@H]1CN(C(=O)C2CC2)CCN1c1ccnc(C2CNc3ncc(Cl)cc32)n1. The van der Waals surface area contributed by atoms with Gasteiger partial charge in [-0.05, 0) is 25.0 Å². The highest BCUT2D eigenvalue weighted by Gasteiger charge is 2.41. The van der Waals surface area contributed by atoms with Crippen LogP contribution in [0.4, 0.5) is 24.8 Å². The van der Waals surface area contributed by atoms with Crippen LogP contribution < -0.4 is 15.5 Å². The molecule has 5 rings (SSSR count). The Kier molecular flexibility index (Phi) is 6.16. The quantitative estimate of drug-likeness (QED) is 0.637. The van der Waals surface area contributed by atoms with Crippen LogP contribution in [0, 0.1) is 5.92 Å². The molecule has 2 aromatic heterocycles. The summed E-state index contributed by atoms with van der Waals surface area (Å²) >= 11 is 6.11. The molecule has 1 saturated heterocycles. The normalized spacial score (nSPS) is 21.9. The molecule has 35 heavy (non-hydrogen) atoms. The number of fused-ring (bicyclic) bond motifs is 1. The molecule has 2 aliphatic heterocycles. The van der Waals surface area contributed by atoms with E-state index in [9.17, 15) is 22.8 Å². The highest BCUT2D eigenvalue weighted by atomic mass is 35.5. The Labute approximate surface area is 204 Å². The molecule has 0 aromatic carbocycles. The Balaban J connectivity index is 1.40. The van der Waals surface area contributed by atoms with E-state index in [0.717, 1.165) is 18.4 Å². The summed E-state index contributed by atoms with van der Waals surface area (Å²) < 4.78 is 38.3. The van der Waals surface area contributed by atoms with Gasteiger partial charge in [0.05, 0.1) is 17.5 Å². The molecule has 4 heterocycles. The molecule has 2 aromatic rings. The van der Waals surface area contributed by atoms with E-state index >= 15 is 0 Å². The predicted molar refractivity (Wildman–Crippen MR) is 121 cm³/mol. The summed E-state index contributed by atoms with van der Waals surface area (Å²) in [5.41, 5.74) is 0.842. The molecule has 9 nitrogen and oxygen atoms in total. The van der Waals surface area contributed by atoms with Crippen LogP contribution in [-0.4, -0.2) is 76.6 Å². The van der Waals surface area contributed by atoms with Crippen molar-refractivity contribution in [2.75, 3.05) is 42.9 Å². The molecule has 2 fully saturated rings. The van der Waals surface area contributed by atoms with Gasteiger partial charge >= 0.3 is 6.18 Å². The minimum atomic E-state index is -4.54. The summed E-state index contributed by atoms with van der Waals surface area (Å²) in [5, 5.41) is 5.63. The van der Waals surface area contributed by atoms with E-state index in [1.165, 1.54) is 0 Å². The standard InChI is InChI=1S/C22H23ClF3N7O2/c23-13-7-14-15(9-29-18(14)28-8-13)19-27-4-3-17(31-19)33-6-5-32(21(35)12-1-2-12)10-16(33)20(34)30-11-22(24,25)26/h3-4,7-8,12,15-16H,1-2,5-6,9-11H2,(H,28,29)(H,30,34)/t15?,16-/m1/s1. The van der Waals surface area contributed by atoms with Gasteiger partial charge in [0, 0.05) is 43.5 Å². The van der Waals surface area contributed by atoms with E-state index in [-0.39, 0.29) is 30.8 Å². The number of rotatable bonds is 5. The molecular weight excluding hydrogens is 487 g/mol. The summed E-state index contributed by atoms with van der Waals surface area (Å²) in [6, 6.07) is 2.40. The number of piperazine rings is 1. The van der Waals surface area contributed by atoms with Gasteiger partial charge < -0.3 is 20.4 Å². The van der Waals surface area contributed by atoms with Gasteiger partial charge in [0.1, 0.15) is 30.0 Å². The monoisotopic (exact) mass is 509 g/mol. The summed E-state index contributed by atoms with van der Waals surface area (Å²) in [6.07, 6.45) is 0.155. The predicted octanol–water partition coefficient (Wildman–Crippen LogP) is 2.19. The third-order valence-corrected chi connectivity index (χ3v) is 6.59. The number of anilines is 2. The maximum absolute atomic E-state index is 12.9. The van der Waals surface area contributed by atoms with Crippen molar-refractivity contribution in [3.63, 3.8) is 0 Å². The smallest absolute Gasteiger partial charge is 0.369 e. The lowest BCUT2D eigenvalue weighted by Crippen LogP contribution is -2.61. The number of halogens is 4. The number of carbonyl (C=O) groups is 2. The highest BCUT2D eigenvalue weighted by Crippen LogP contribution is 2.36. The number of pyridine rings is 1. The molecule has 186 valence electrons. The lowest BCUT2D eigenvalue weighted by Gasteiger charge is -2.41. The first-order valence-corrected chi connectivity index (χ1v) is 11.7.